The average Bonchev–Trinajstić information content (AvgIpc) is 3.18. The fourth-order valence-corrected chi connectivity index (χ4v) is 4.71. The summed E-state index contributed by atoms with van der Waals surface area (Å²) in [6.45, 7) is 7.03. The second-order valence-corrected chi connectivity index (χ2v) is 8.53. The summed E-state index contributed by atoms with van der Waals surface area (Å²) in [6.07, 6.45) is 0.657. The number of amides is 1. The first kappa shape index (κ1) is 27.9. The van der Waals surface area contributed by atoms with Gasteiger partial charge in [0, 0.05) is 6.54 Å². The van der Waals surface area contributed by atoms with Crippen molar-refractivity contribution >= 4 is 17.4 Å². The zero-order valence-electron chi connectivity index (χ0n) is 22.4. The molecule has 0 bridgehead atoms. The predicted octanol–water partition coefficient (Wildman–Crippen LogP) is 3.87. The van der Waals surface area contributed by atoms with Crippen LogP contribution in [-0.4, -0.2) is 81.2 Å². The van der Waals surface area contributed by atoms with Crippen LogP contribution in [0.5, 0.6) is 23.0 Å². The van der Waals surface area contributed by atoms with Crippen molar-refractivity contribution in [2.45, 2.75) is 26.3 Å². The minimum Gasteiger partial charge on any atom is -0.507 e. The second kappa shape index (κ2) is 12.5. The zero-order chi connectivity index (χ0) is 27.1. The van der Waals surface area contributed by atoms with Gasteiger partial charge in [0.15, 0.2) is 11.5 Å². The highest BCUT2D eigenvalue weighted by molar-refractivity contribution is 6.46. The van der Waals surface area contributed by atoms with Crippen LogP contribution in [0, 0.1) is 0 Å². The Labute approximate surface area is 218 Å². The highest BCUT2D eigenvalue weighted by Gasteiger charge is 2.46. The number of aliphatic hydroxyl groups is 1. The molecular formula is C28H36N2O7. The third-order valence-corrected chi connectivity index (χ3v) is 6.67. The Kier molecular flexibility index (Phi) is 9.41. The molecule has 0 saturated carbocycles. The van der Waals surface area contributed by atoms with Gasteiger partial charge in [0.1, 0.15) is 11.5 Å². The van der Waals surface area contributed by atoms with E-state index in [0.29, 0.717) is 47.1 Å². The molecule has 0 aromatic heterocycles. The maximum atomic E-state index is 13.4. The first-order chi connectivity index (χ1) is 17.9. The van der Waals surface area contributed by atoms with Crippen LogP contribution in [0.15, 0.2) is 42.0 Å². The molecule has 9 nitrogen and oxygen atoms in total. The molecule has 2 aromatic rings. The number of ketones is 1. The molecule has 1 aliphatic rings. The normalized spacial score (nSPS) is 16.8. The summed E-state index contributed by atoms with van der Waals surface area (Å²) in [5.74, 6) is -0.209. The van der Waals surface area contributed by atoms with Crippen molar-refractivity contribution in [3.8, 4) is 23.0 Å². The summed E-state index contributed by atoms with van der Waals surface area (Å²) in [5.41, 5.74) is 0.850. The molecule has 1 saturated heterocycles. The number of aliphatic hydroxyl groups excluding tert-OH is 1. The van der Waals surface area contributed by atoms with E-state index in [4.69, 9.17) is 18.9 Å². The molecular weight excluding hydrogens is 476 g/mol. The van der Waals surface area contributed by atoms with Crippen LogP contribution in [0.25, 0.3) is 5.76 Å². The van der Waals surface area contributed by atoms with Gasteiger partial charge in [0.2, 0.25) is 5.75 Å². The van der Waals surface area contributed by atoms with Crippen molar-refractivity contribution in [2.75, 3.05) is 54.6 Å². The lowest BCUT2D eigenvalue weighted by Gasteiger charge is -2.27. The molecule has 1 amide bonds. The van der Waals surface area contributed by atoms with Gasteiger partial charge < -0.3 is 33.9 Å². The van der Waals surface area contributed by atoms with E-state index < -0.39 is 17.7 Å². The third-order valence-electron chi connectivity index (χ3n) is 6.67. The van der Waals surface area contributed by atoms with E-state index in [1.807, 2.05) is 0 Å². The minimum atomic E-state index is -0.865. The number of para-hydroxylation sites is 1. The van der Waals surface area contributed by atoms with Crippen LogP contribution in [0.2, 0.25) is 0 Å². The summed E-state index contributed by atoms with van der Waals surface area (Å²) in [6, 6.07) is 9.35. The first-order valence-corrected chi connectivity index (χ1v) is 12.3. The van der Waals surface area contributed by atoms with Crippen molar-refractivity contribution in [3.05, 3.63) is 53.1 Å². The number of nitrogens with zero attached hydrogens (tertiary/aromatic N) is 2. The highest BCUT2D eigenvalue weighted by Crippen LogP contribution is 2.46. The number of carbonyl (C=O) groups is 2. The SMILES string of the molecule is CCN(CC)CCCN1C(=O)C(=O)/C(=C(/O)c2ccccc2OC)C1c1cc(OC)c(OC)c(OC)c1. The molecule has 1 unspecified atom stereocenters. The number of methoxy groups -OCH3 is 4. The Hall–Kier alpha value is -3.72. The standard InChI is InChI=1S/C28H36N2O7/c1-7-29(8-2)14-11-15-30-24(18-16-21(35-4)27(37-6)22(17-18)36-5)23(26(32)28(30)33)25(31)19-12-9-10-13-20(19)34-3/h9-10,12-13,16-17,24,31H,7-8,11,14-15H2,1-6H3/b25-23+. The number of Topliss-reactive ketones (excluding diaryl/α,β-unsaturated/α-hetero) is 1. The number of hydrogen-bond donors (Lipinski definition) is 1. The van der Waals surface area contributed by atoms with E-state index in [-0.39, 0.29) is 11.3 Å². The van der Waals surface area contributed by atoms with Crippen molar-refractivity contribution in [1.29, 1.82) is 0 Å². The zero-order valence-corrected chi connectivity index (χ0v) is 22.4. The van der Waals surface area contributed by atoms with Crippen LogP contribution in [-0.2, 0) is 9.59 Å². The molecule has 0 radical (unpaired) electrons. The number of ether oxygens (including phenoxy) is 4. The maximum Gasteiger partial charge on any atom is 0.295 e. The lowest BCUT2D eigenvalue weighted by Crippen LogP contribution is -2.33. The van der Waals surface area contributed by atoms with Crippen LogP contribution in [0.4, 0.5) is 0 Å². The van der Waals surface area contributed by atoms with Gasteiger partial charge in [-0.15, -0.1) is 0 Å². The van der Waals surface area contributed by atoms with Gasteiger partial charge in [-0.05, 0) is 55.9 Å². The summed E-state index contributed by atoms with van der Waals surface area (Å²) >= 11 is 0. The quantitative estimate of drug-likeness (QED) is 0.260. The molecule has 0 spiro atoms. The van der Waals surface area contributed by atoms with Gasteiger partial charge in [0.25, 0.3) is 11.7 Å². The number of rotatable bonds is 12. The van der Waals surface area contributed by atoms with Gasteiger partial charge in [-0.25, -0.2) is 0 Å². The lowest BCUT2D eigenvalue weighted by atomic mass is 9.94. The van der Waals surface area contributed by atoms with Crippen LogP contribution in [0.3, 0.4) is 0 Å². The average molecular weight is 513 g/mol. The van der Waals surface area contributed by atoms with E-state index in [0.717, 1.165) is 19.6 Å². The number of likely N-dealkylation sites (tertiary alicyclic amines) is 1. The summed E-state index contributed by atoms with van der Waals surface area (Å²) < 4.78 is 21.9. The van der Waals surface area contributed by atoms with Crippen molar-refractivity contribution in [1.82, 2.24) is 9.80 Å². The Morgan fingerprint density at radius 1 is 0.919 bits per heavy atom. The van der Waals surface area contributed by atoms with E-state index >= 15 is 0 Å². The van der Waals surface area contributed by atoms with E-state index in [1.165, 1.54) is 33.3 Å². The Bertz CT molecular complexity index is 1130. The van der Waals surface area contributed by atoms with E-state index in [1.54, 1.807) is 36.4 Å². The Morgan fingerprint density at radius 2 is 1.51 bits per heavy atom. The molecule has 2 aromatic carbocycles. The Balaban J connectivity index is 2.20. The first-order valence-electron chi connectivity index (χ1n) is 12.3. The maximum absolute atomic E-state index is 13.4. The number of benzene rings is 2. The van der Waals surface area contributed by atoms with E-state index in [2.05, 4.69) is 18.7 Å². The molecule has 9 heteroatoms. The van der Waals surface area contributed by atoms with Gasteiger partial charge >= 0.3 is 0 Å². The van der Waals surface area contributed by atoms with Gasteiger partial charge in [-0.3, -0.25) is 9.59 Å². The molecule has 37 heavy (non-hydrogen) atoms. The van der Waals surface area contributed by atoms with Gasteiger partial charge in [-0.2, -0.15) is 0 Å². The van der Waals surface area contributed by atoms with Crippen LogP contribution >= 0.6 is 0 Å². The molecule has 200 valence electrons. The molecule has 1 aliphatic heterocycles. The van der Waals surface area contributed by atoms with Crippen molar-refractivity contribution < 1.29 is 33.6 Å². The monoisotopic (exact) mass is 512 g/mol. The van der Waals surface area contributed by atoms with Gasteiger partial charge in [-0.1, -0.05) is 26.0 Å². The Morgan fingerprint density at radius 3 is 2.05 bits per heavy atom. The van der Waals surface area contributed by atoms with Gasteiger partial charge in [0.05, 0.1) is 45.6 Å². The largest absolute Gasteiger partial charge is 0.507 e. The minimum absolute atomic E-state index is 0.0217. The third kappa shape index (κ3) is 5.51. The smallest absolute Gasteiger partial charge is 0.295 e. The molecule has 3 rings (SSSR count). The molecule has 1 fully saturated rings. The van der Waals surface area contributed by atoms with E-state index in [9.17, 15) is 14.7 Å². The molecule has 1 N–H and O–H groups in total. The highest BCUT2D eigenvalue weighted by atomic mass is 16.5. The topological polar surface area (TPSA) is 97.8 Å². The fourth-order valence-electron chi connectivity index (χ4n) is 4.71. The fraction of sp³-hybridized carbons (Fsp3) is 0.429. The van der Waals surface area contributed by atoms with Crippen molar-refractivity contribution in [2.24, 2.45) is 0 Å². The molecule has 1 atom stereocenters. The number of hydrogen-bond acceptors (Lipinski definition) is 8. The summed E-state index contributed by atoms with van der Waals surface area (Å²) in [7, 11) is 5.98. The second-order valence-electron chi connectivity index (χ2n) is 8.53. The summed E-state index contributed by atoms with van der Waals surface area (Å²) in [5, 5.41) is 11.4. The number of carbonyl (C=O) groups excluding carboxylic acids is 2. The molecule has 1 heterocycles. The molecule has 0 aliphatic carbocycles. The van der Waals surface area contributed by atoms with Crippen molar-refractivity contribution in [3.63, 3.8) is 0 Å². The summed E-state index contributed by atoms with van der Waals surface area (Å²) in [4.78, 5) is 30.5. The van der Waals surface area contributed by atoms with Crippen LogP contribution < -0.4 is 18.9 Å². The van der Waals surface area contributed by atoms with Crippen LogP contribution in [0.1, 0.15) is 37.4 Å². The lowest BCUT2D eigenvalue weighted by molar-refractivity contribution is -0.140. The predicted molar refractivity (Wildman–Crippen MR) is 141 cm³/mol.